The number of hydrogen-bond donors (Lipinski definition) is 1. The van der Waals surface area contributed by atoms with Gasteiger partial charge in [0.15, 0.2) is 23.0 Å². The molecule has 194 valence electrons. The summed E-state index contributed by atoms with van der Waals surface area (Å²) in [7, 11) is 3.05. The van der Waals surface area contributed by atoms with Crippen LogP contribution in [0, 0.1) is 0 Å². The normalized spacial score (nSPS) is 15.3. The van der Waals surface area contributed by atoms with Crippen molar-refractivity contribution >= 4 is 44.3 Å². The number of nitrogens with zero attached hydrogens (tertiary/aromatic N) is 1. The van der Waals surface area contributed by atoms with Crippen LogP contribution in [0.1, 0.15) is 29.1 Å². The molecule has 8 nitrogen and oxygen atoms in total. The lowest BCUT2D eigenvalue weighted by atomic mass is 9.94. The number of furan rings is 1. The SMILES string of the molecule is CCOc1cc(C2C(C(=O)c3cc4cc(Br)ccc4o3)=C(O)C(=O)N2c2cccc(OC)c2)ccc1OC. The average Bonchev–Trinajstić information content (AvgIpc) is 3.46. The van der Waals surface area contributed by atoms with E-state index < -0.39 is 23.5 Å². The highest BCUT2D eigenvalue weighted by Gasteiger charge is 2.45. The van der Waals surface area contributed by atoms with Crippen LogP contribution < -0.4 is 19.1 Å². The molecule has 9 heteroatoms. The first-order valence-corrected chi connectivity index (χ1v) is 12.6. The summed E-state index contributed by atoms with van der Waals surface area (Å²) in [5, 5.41) is 11.8. The van der Waals surface area contributed by atoms with Crippen LogP contribution in [0.5, 0.6) is 17.2 Å². The average molecular weight is 578 g/mol. The molecule has 0 radical (unpaired) electrons. The molecule has 0 saturated carbocycles. The molecule has 1 aromatic heterocycles. The molecule has 1 atom stereocenters. The number of carbonyl (C=O) groups excluding carboxylic acids is 2. The van der Waals surface area contributed by atoms with Crippen LogP contribution in [0.2, 0.25) is 0 Å². The zero-order valence-electron chi connectivity index (χ0n) is 20.9. The number of hydrogen-bond acceptors (Lipinski definition) is 7. The molecule has 0 bridgehead atoms. The van der Waals surface area contributed by atoms with Crippen molar-refractivity contribution in [3.05, 3.63) is 93.9 Å². The number of halogens is 1. The van der Waals surface area contributed by atoms with E-state index in [4.69, 9.17) is 18.6 Å². The Balaban J connectivity index is 1.68. The van der Waals surface area contributed by atoms with E-state index >= 15 is 0 Å². The summed E-state index contributed by atoms with van der Waals surface area (Å²) in [5.74, 6) is -0.525. The van der Waals surface area contributed by atoms with Crippen molar-refractivity contribution in [2.75, 3.05) is 25.7 Å². The topological polar surface area (TPSA) is 98.4 Å². The standard InChI is InChI=1S/C29H24BrNO7/c1-4-37-23-13-16(8-10-22(23)36-3)26-25(27(32)24-14-17-12-18(30)9-11-21(17)38-24)28(33)29(34)31(26)19-6-5-7-20(15-19)35-2/h5-15,26,33H,4H2,1-3H3. The molecule has 1 aliphatic rings. The summed E-state index contributed by atoms with van der Waals surface area (Å²) in [6.45, 7) is 2.22. The fourth-order valence-corrected chi connectivity index (χ4v) is 4.95. The number of aliphatic hydroxyl groups is 1. The van der Waals surface area contributed by atoms with E-state index in [1.807, 2.05) is 13.0 Å². The van der Waals surface area contributed by atoms with Crippen LogP contribution in [0.15, 0.2) is 87.0 Å². The van der Waals surface area contributed by atoms with E-state index in [0.717, 1.165) is 4.47 Å². The second-order valence-electron chi connectivity index (χ2n) is 8.51. The van der Waals surface area contributed by atoms with Gasteiger partial charge in [-0.25, -0.2) is 0 Å². The van der Waals surface area contributed by atoms with Crippen molar-refractivity contribution in [2.45, 2.75) is 13.0 Å². The Labute approximate surface area is 227 Å². The summed E-state index contributed by atoms with van der Waals surface area (Å²) in [6, 6.07) is 18.0. The molecule has 4 aromatic rings. The van der Waals surface area contributed by atoms with Gasteiger partial charge in [-0.15, -0.1) is 0 Å². The predicted molar refractivity (Wildman–Crippen MR) is 145 cm³/mol. The minimum Gasteiger partial charge on any atom is -0.503 e. The van der Waals surface area contributed by atoms with Gasteiger partial charge in [-0.05, 0) is 61.0 Å². The van der Waals surface area contributed by atoms with Gasteiger partial charge in [0.2, 0.25) is 5.78 Å². The smallest absolute Gasteiger partial charge is 0.294 e. The number of amides is 1. The highest BCUT2D eigenvalue weighted by atomic mass is 79.9. The van der Waals surface area contributed by atoms with E-state index in [9.17, 15) is 14.7 Å². The van der Waals surface area contributed by atoms with E-state index in [1.165, 1.54) is 19.1 Å². The van der Waals surface area contributed by atoms with Crippen LogP contribution in [-0.4, -0.2) is 37.6 Å². The van der Waals surface area contributed by atoms with Crippen LogP contribution in [0.25, 0.3) is 11.0 Å². The predicted octanol–water partition coefficient (Wildman–Crippen LogP) is 6.39. The maximum absolute atomic E-state index is 13.9. The van der Waals surface area contributed by atoms with Crippen LogP contribution in [-0.2, 0) is 4.79 Å². The quantitative estimate of drug-likeness (QED) is 0.242. The number of ether oxygens (including phenoxy) is 3. The van der Waals surface area contributed by atoms with Gasteiger partial charge in [0.05, 0.1) is 32.4 Å². The first-order valence-electron chi connectivity index (χ1n) is 11.8. The molecule has 1 aliphatic heterocycles. The van der Waals surface area contributed by atoms with Gasteiger partial charge in [0.1, 0.15) is 11.3 Å². The molecule has 2 heterocycles. The Morgan fingerprint density at radius 2 is 1.84 bits per heavy atom. The van der Waals surface area contributed by atoms with Gasteiger partial charge < -0.3 is 23.7 Å². The lowest BCUT2D eigenvalue weighted by molar-refractivity contribution is -0.117. The third kappa shape index (κ3) is 4.39. The zero-order chi connectivity index (χ0) is 27.0. The Bertz CT molecular complexity index is 1590. The number of rotatable bonds is 8. The summed E-state index contributed by atoms with van der Waals surface area (Å²) < 4.78 is 23.2. The minimum atomic E-state index is -0.979. The number of aliphatic hydroxyl groups excluding tert-OH is 1. The Hall–Kier alpha value is -4.24. The molecule has 0 saturated heterocycles. The molecule has 0 aliphatic carbocycles. The maximum atomic E-state index is 13.9. The summed E-state index contributed by atoms with van der Waals surface area (Å²) in [4.78, 5) is 28.8. The number of ketones is 1. The fraction of sp³-hybridized carbons (Fsp3) is 0.172. The van der Waals surface area contributed by atoms with Crippen molar-refractivity contribution in [1.29, 1.82) is 0 Å². The fourth-order valence-electron chi connectivity index (χ4n) is 4.57. The second-order valence-corrected chi connectivity index (χ2v) is 9.42. The number of methoxy groups -OCH3 is 2. The van der Waals surface area contributed by atoms with E-state index in [-0.39, 0.29) is 11.3 Å². The number of benzene rings is 3. The monoisotopic (exact) mass is 577 g/mol. The lowest BCUT2D eigenvalue weighted by Gasteiger charge is -2.27. The largest absolute Gasteiger partial charge is 0.503 e. The second kappa shape index (κ2) is 10.3. The van der Waals surface area contributed by atoms with Crippen molar-refractivity contribution in [3.8, 4) is 17.2 Å². The molecule has 1 unspecified atom stereocenters. The van der Waals surface area contributed by atoms with E-state index in [1.54, 1.807) is 60.7 Å². The maximum Gasteiger partial charge on any atom is 0.294 e. The molecule has 5 rings (SSSR count). The molecule has 38 heavy (non-hydrogen) atoms. The minimum absolute atomic E-state index is 0.00323. The Kier molecular flexibility index (Phi) is 6.86. The van der Waals surface area contributed by atoms with Crippen LogP contribution in [0.4, 0.5) is 5.69 Å². The molecule has 0 spiro atoms. The van der Waals surface area contributed by atoms with Crippen molar-refractivity contribution in [3.63, 3.8) is 0 Å². The van der Waals surface area contributed by atoms with Gasteiger partial charge >= 0.3 is 0 Å². The lowest BCUT2D eigenvalue weighted by Crippen LogP contribution is -2.31. The third-order valence-corrected chi connectivity index (χ3v) is 6.78. The van der Waals surface area contributed by atoms with Crippen LogP contribution >= 0.6 is 15.9 Å². The first-order chi connectivity index (χ1) is 18.4. The van der Waals surface area contributed by atoms with E-state index in [0.29, 0.717) is 46.1 Å². The summed E-state index contributed by atoms with van der Waals surface area (Å²) in [5.41, 5.74) is 1.38. The van der Waals surface area contributed by atoms with Gasteiger partial charge in [-0.3, -0.25) is 14.5 Å². The molecule has 1 amide bonds. The molecule has 3 aromatic carbocycles. The van der Waals surface area contributed by atoms with Gasteiger partial charge in [0.25, 0.3) is 5.91 Å². The Morgan fingerprint density at radius 1 is 1.03 bits per heavy atom. The molecule has 1 N–H and O–H groups in total. The molecular weight excluding hydrogens is 554 g/mol. The van der Waals surface area contributed by atoms with E-state index in [2.05, 4.69) is 15.9 Å². The highest BCUT2D eigenvalue weighted by Crippen LogP contribution is 2.45. The highest BCUT2D eigenvalue weighted by molar-refractivity contribution is 9.10. The van der Waals surface area contributed by atoms with Gasteiger partial charge in [-0.1, -0.05) is 28.1 Å². The third-order valence-electron chi connectivity index (χ3n) is 6.29. The van der Waals surface area contributed by atoms with Gasteiger partial charge in [0, 0.05) is 21.6 Å². The number of Topliss-reactive ketones (excluding diaryl/α,β-unsaturated/α-hetero) is 1. The zero-order valence-corrected chi connectivity index (χ0v) is 22.4. The van der Waals surface area contributed by atoms with Crippen molar-refractivity contribution in [2.24, 2.45) is 0 Å². The number of fused-ring (bicyclic) bond motifs is 1. The number of anilines is 1. The first kappa shape index (κ1) is 25.4. The van der Waals surface area contributed by atoms with Crippen LogP contribution in [0.3, 0.4) is 0 Å². The molecular formula is C29H24BrNO7. The van der Waals surface area contributed by atoms with Gasteiger partial charge in [-0.2, -0.15) is 0 Å². The van der Waals surface area contributed by atoms with Crippen molar-refractivity contribution in [1.82, 2.24) is 0 Å². The van der Waals surface area contributed by atoms with Crippen molar-refractivity contribution < 1.29 is 33.3 Å². The number of carbonyl (C=O) groups is 2. The summed E-state index contributed by atoms with van der Waals surface area (Å²) in [6.07, 6.45) is 0. The Morgan fingerprint density at radius 3 is 2.58 bits per heavy atom. The molecule has 0 fully saturated rings. The summed E-state index contributed by atoms with van der Waals surface area (Å²) >= 11 is 3.42.